The van der Waals surface area contributed by atoms with Crippen molar-refractivity contribution in [3.8, 4) is 0 Å². The van der Waals surface area contributed by atoms with Gasteiger partial charge in [0.05, 0.1) is 18.6 Å². The lowest BCUT2D eigenvalue weighted by molar-refractivity contribution is -0.146. The highest BCUT2D eigenvalue weighted by Gasteiger charge is 2.45. The van der Waals surface area contributed by atoms with Crippen LogP contribution in [0.5, 0.6) is 0 Å². The van der Waals surface area contributed by atoms with E-state index in [1.54, 1.807) is 13.8 Å². The van der Waals surface area contributed by atoms with Crippen LogP contribution in [0.3, 0.4) is 0 Å². The summed E-state index contributed by atoms with van der Waals surface area (Å²) in [5.74, 6) is -1.25. The normalized spacial score (nSPS) is 19.4. The minimum atomic E-state index is -0.950. The zero-order valence-corrected chi connectivity index (χ0v) is 17.7. The molecule has 0 spiro atoms. The van der Waals surface area contributed by atoms with Gasteiger partial charge in [0.15, 0.2) is 0 Å². The zero-order valence-electron chi connectivity index (χ0n) is 17.7. The minimum absolute atomic E-state index is 0.0731. The number of carbonyl (C=O) groups is 3. The highest BCUT2D eigenvalue weighted by molar-refractivity contribution is 6.01. The topological polar surface area (TPSA) is 95.9 Å². The minimum Gasteiger partial charge on any atom is -0.445 e. The van der Waals surface area contributed by atoms with Crippen molar-refractivity contribution in [2.24, 2.45) is 5.92 Å². The van der Waals surface area contributed by atoms with E-state index in [0.29, 0.717) is 6.42 Å². The third-order valence-electron chi connectivity index (χ3n) is 5.37. The summed E-state index contributed by atoms with van der Waals surface area (Å²) >= 11 is 0. The van der Waals surface area contributed by atoms with Gasteiger partial charge in [-0.3, -0.25) is 14.5 Å². The Morgan fingerprint density at radius 3 is 2.23 bits per heavy atom. The van der Waals surface area contributed by atoms with Crippen LogP contribution >= 0.6 is 0 Å². The quantitative estimate of drug-likeness (QED) is 0.712. The molecule has 164 valence electrons. The van der Waals surface area contributed by atoms with Crippen molar-refractivity contribution >= 4 is 17.9 Å². The Balaban J connectivity index is 1.69. The fourth-order valence-corrected chi connectivity index (χ4v) is 3.69. The molecule has 2 aromatic carbocycles. The van der Waals surface area contributed by atoms with Gasteiger partial charge in [0, 0.05) is 0 Å². The van der Waals surface area contributed by atoms with Crippen LogP contribution in [0.1, 0.15) is 31.4 Å². The monoisotopic (exact) mass is 424 g/mol. The van der Waals surface area contributed by atoms with Gasteiger partial charge in [-0.1, -0.05) is 74.5 Å². The Bertz CT molecular complexity index is 901. The molecular formula is C24H28N2O5. The standard InChI is InChI=1S/C24H28N2O5/c1-16(2)22(25-24(30)31-15-18-11-7-4-8-12-18)23(29)26-19(20(27)14-21(26)28)13-17-9-5-3-6-10-17/h3-12,16,19-20,22,27H,13-15H2,1-2H3,(H,25,30)/t19-,20-,22-/m0/s1. The molecule has 0 unspecified atom stereocenters. The van der Waals surface area contributed by atoms with E-state index in [2.05, 4.69) is 5.32 Å². The Morgan fingerprint density at radius 1 is 1.06 bits per heavy atom. The maximum Gasteiger partial charge on any atom is 0.408 e. The zero-order chi connectivity index (χ0) is 22.4. The highest BCUT2D eigenvalue weighted by atomic mass is 16.5. The van der Waals surface area contributed by atoms with Crippen LogP contribution in [0.4, 0.5) is 4.79 Å². The highest BCUT2D eigenvalue weighted by Crippen LogP contribution is 2.25. The third-order valence-corrected chi connectivity index (χ3v) is 5.37. The van der Waals surface area contributed by atoms with E-state index in [1.807, 2.05) is 60.7 Å². The van der Waals surface area contributed by atoms with Crippen molar-refractivity contribution in [1.29, 1.82) is 0 Å². The van der Waals surface area contributed by atoms with Crippen molar-refractivity contribution in [2.45, 2.75) is 51.5 Å². The number of likely N-dealkylation sites (tertiary alicyclic amines) is 1. The van der Waals surface area contributed by atoms with Crippen molar-refractivity contribution in [2.75, 3.05) is 0 Å². The summed E-state index contributed by atoms with van der Waals surface area (Å²) in [7, 11) is 0. The number of rotatable bonds is 7. The first-order valence-corrected chi connectivity index (χ1v) is 10.4. The number of hydrogen-bond donors (Lipinski definition) is 2. The van der Waals surface area contributed by atoms with Gasteiger partial charge in [-0.25, -0.2) is 4.79 Å². The van der Waals surface area contributed by atoms with Gasteiger partial charge in [0.1, 0.15) is 12.6 Å². The molecule has 2 N–H and O–H groups in total. The van der Waals surface area contributed by atoms with Crippen molar-refractivity contribution < 1.29 is 24.2 Å². The number of amides is 3. The summed E-state index contributed by atoms with van der Waals surface area (Å²) in [6, 6.07) is 17.0. The van der Waals surface area contributed by atoms with E-state index < -0.39 is 36.1 Å². The third kappa shape index (κ3) is 5.70. The molecular weight excluding hydrogens is 396 g/mol. The van der Waals surface area contributed by atoms with E-state index in [9.17, 15) is 19.5 Å². The van der Waals surface area contributed by atoms with E-state index >= 15 is 0 Å². The summed E-state index contributed by atoms with van der Waals surface area (Å²) in [6.45, 7) is 3.64. The van der Waals surface area contributed by atoms with Crippen molar-refractivity contribution in [3.05, 3.63) is 71.8 Å². The number of alkyl carbamates (subject to hydrolysis) is 1. The summed E-state index contributed by atoms with van der Waals surface area (Å²) in [5.41, 5.74) is 1.74. The molecule has 2 aromatic rings. The van der Waals surface area contributed by atoms with Crippen LogP contribution in [0.25, 0.3) is 0 Å². The lowest BCUT2D eigenvalue weighted by Gasteiger charge is -2.30. The molecule has 1 aliphatic heterocycles. The molecule has 1 heterocycles. The second kappa shape index (κ2) is 10.2. The van der Waals surface area contributed by atoms with Crippen LogP contribution < -0.4 is 5.32 Å². The number of aliphatic hydroxyl groups excluding tert-OH is 1. The van der Waals surface area contributed by atoms with E-state index in [-0.39, 0.29) is 18.9 Å². The van der Waals surface area contributed by atoms with Gasteiger partial charge in [0.2, 0.25) is 5.91 Å². The molecule has 0 aliphatic carbocycles. The molecule has 0 bridgehead atoms. The second-order valence-corrected chi connectivity index (χ2v) is 8.06. The molecule has 7 heteroatoms. The predicted molar refractivity (Wildman–Crippen MR) is 115 cm³/mol. The molecule has 0 radical (unpaired) electrons. The molecule has 7 nitrogen and oxygen atoms in total. The molecule has 3 atom stereocenters. The fourth-order valence-electron chi connectivity index (χ4n) is 3.69. The molecule has 0 aromatic heterocycles. The molecule has 31 heavy (non-hydrogen) atoms. The molecule has 0 saturated carbocycles. The summed E-state index contributed by atoms with van der Waals surface area (Å²) in [4.78, 5) is 39.3. The molecule has 1 fully saturated rings. The average molecular weight is 424 g/mol. The van der Waals surface area contributed by atoms with Gasteiger partial charge >= 0.3 is 6.09 Å². The van der Waals surface area contributed by atoms with Gasteiger partial charge in [-0.05, 0) is 23.5 Å². The number of carbonyl (C=O) groups excluding carboxylic acids is 3. The van der Waals surface area contributed by atoms with Crippen molar-refractivity contribution in [1.82, 2.24) is 10.2 Å². The maximum atomic E-state index is 13.3. The number of nitrogens with zero attached hydrogens (tertiary/aromatic N) is 1. The van der Waals surface area contributed by atoms with E-state index in [1.165, 1.54) is 0 Å². The number of aliphatic hydroxyl groups is 1. The molecule has 1 aliphatic rings. The molecule has 1 saturated heterocycles. The van der Waals surface area contributed by atoms with E-state index in [4.69, 9.17) is 4.74 Å². The fraction of sp³-hybridized carbons (Fsp3) is 0.375. The van der Waals surface area contributed by atoms with Gasteiger partial charge in [-0.15, -0.1) is 0 Å². The Labute approximate surface area is 182 Å². The van der Waals surface area contributed by atoms with Gasteiger partial charge < -0.3 is 15.2 Å². The van der Waals surface area contributed by atoms with Crippen LogP contribution in [-0.4, -0.2) is 46.1 Å². The number of ether oxygens (including phenoxy) is 1. The first-order valence-electron chi connectivity index (χ1n) is 10.4. The number of hydrogen-bond acceptors (Lipinski definition) is 5. The maximum absolute atomic E-state index is 13.3. The average Bonchev–Trinajstić information content (AvgIpc) is 3.04. The Kier molecular flexibility index (Phi) is 7.41. The predicted octanol–water partition coefficient (Wildman–Crippen LogP) is 2.67. The number of benzene rings is 2. The Morgan fingerprint density at radius 2 is 1.65 bits per heavy atom. The lowest BCUT2D eigenvalue weighted by atomic mass is 9.99. The lowest BCUT2D eigenvalue weighted by Crippen LogP contribution is -2.55. The van der Waals surface area contributed by atoms with Crippen LogP contribution in [0, 0.1) is 5.92 Å². The van der Waals surface area contributed by atoms with Crippen molar-refractivity contribution in [3.63, 3.8) is 0 Å². The molecule has 3 amide bonds. The number of nitrogens with one attached hydrogen (secondary N) is 1. The Hall–Kier alpha value is -3.19. The summed E-state index contributed by atoms with van der Waals surface area (Å²) < 4.78 is 5.24. The van der Waals surface area contributed by atoms with Crippen LogP contribution in [-0.2, 0) is 27.4 Å². The first kappa shape index (κ1) is 22.5. The summed E-state index contributed by atoms with van der Waals surface area (Å²) in [5, 5.41) is 13.0. The second-order valence-electron chi connectivity index (χ2n) is 8.06. The largest absolute Gasteiger partial charge is 0.445 e. The molecule has 3 rings (SSSR count). The SMILES string of the molecule is CC(C)[C@H](NC(=O)OCc1ccccc1)C(=O)N1C(=O)C[C@H](O)[C@@H]1Cc1ccccc1. The van der Waals surface area contributed by atoms with Gasteiger partial charge in [-0.2, -0.15) is 0 Å². The first-order chi connectivity index (χ1) is 14.9. The van der Waals surface area contributed by atoms with Crippen LogP contribution in [0.15, 0.2) is 60.7 Å². The summed E-state index contributed by atoms with van der Waals surface area (Å²) in [6.07, 6.45) is -1.45. The van der Waals surface area contributed by atoms with E-state index in [0.717, 1.165) is 16.0 Å². The van der Waals surface area contributed by atoms with Gasteiger partial charge in [0.25, 0.3) is 5.91 Å². The number of imide groups is 1. The van der Waals surface area contributed by atoms with Crippen LogP contribution in [0.2, 0.25) is 0 Å². The smallest absolute Gasteiger partial charge is 0.408 e.